The maximum Gasteiger partial charge on any atom is 0.311 e. The predicted octanol–water partition coefficient (Wildman–Crippen LogP) is 3.15. The normalized spacial score (nSPS) is 10.5. The fourth-order valence-corrected chi connectivity index (χ4v) is 1.97. The molecule has 1 heterocycles. The summed E-state index contributed by atoms with van der Waals surface area (Å²) in [5.74, 6) is 0. The Kier molecular flexibility index (Phi) is 5.22. The zero-order valence-electron chi connectivity index (χ0n) is 11.6. The molecule has 2 rings (SSSR count). The van der Waals surface area contributed by atoms with Crippen LogP contribution >= 0.6 is 0 Å². The van der Waals surface area contributed by atoms with E-state index in [4.69, 9.17) is 4.74 Å². The average Bonchev–Trinajstić information content (AvgIpc) is 2.50. The van der Waals surface area contributed by atoms with Gasteiger partial charge in [0.15, 0.2) is 0 Å². The molecule has 1 N–H and O–H groups in total. The lowest BCUT2D eigenvalue weighted by Crippen LogP contribution is -2.11. The van der Waals surface area contributed by atoms with E-state index in [9.17, 15) is 10.1 Å². The minimum atomic E-state index is -0.430. The minimum absolute atomic E-state index is 0.0280. The first kappa shape index (κ1) is 14.9. The number of para-hydroxylation sites is 1. The van der Waals surface area contributed by atoms with Crippen LogP contribution in [0.25, 0.3) is 10.9 Å². The Balaban J connectivity index is 2.14. The van der Waals surface area contributed by atoms with Gasteiger partial charge in [-0.1, -0.05) is 24.3 Å². The molecule has 0 aliphatic rings. The Morgan fingerprint density at radius 2 is 2.19 bits per heavy atom. The van der Waals surface area contributed by atoms with Crippen molar-refractivity contribution >= 4 is 22.3 Å². The Bertz CT molecular complexity index is 643. The van der Waals surface area contributed by atoms with Gasteiger partial charge in [0.25, 0.3) is 0 Å². The maximum atomic E-state index is 11.1. The van der Waals surface area contributed by atoms with Crippen molar-refractivity contribution in [1.29, 1.82) is 0 Å². The quantitative estimate of drug-likeness (QED) is 0.349. The molecule has 6 nitrogen and oxygen atoms in total. The lowest BCUT2D eigenvalue weighted by Gasteiger charge is -2.10. The molecule has 0 amide bonds. The Morgan fingerprint density at radius 3 is 2.95 bits per heavy atom. The number of nitrogens with one attached hydrogen (secondary N) is 1. The molecule has 6 heteroatoms. The highest BCUT2D eigenvalue weighted by Crippen LogP contribution is 2.30. The number of fused-ring (bicyclic) bond motifs is 1. The van der Waals surface area contributed by atoms with Crippen LogP contribution in [0.2, 0.25) is 0 Å². The first-order valence-corrected chi connectivity index (χ1v) is 6.68. The van der Waals surface area contributed by atoms with Gasteiger partial charge in [-0.2, -0.15) is 0 Å². The van der Waals surface area contributed by atoms with Gasteiger partial charge in [0.05, 0.1) is 23.7 Å². The van der Waals surface area contributed by atoms with Crippen LogP contribution in [0.1, 0.15) is 6.42 Å². The zero-order valence-corrected chi connectivity index (χ0v) is 11.6. The highest BCUT2D eigenvalue weighted by atomic mass is 16.6. The molecule has 0 saturated heterocycles. The number of benzene rings is 1. The first-order valence-electron chi connectivity index (χ1n) is 6.68. The molecule has 1 aromatic carbocycles. The van der Waals surface area contributed by atoms with Crippen LogP contribution in [0.3, 0.4) is 0 Å². The van der Waals surface area contributed by atoms with E-state index in [0.29, 0.717) is 25.4 Å². The summed E-state index contributed by atoms with van der Waals surface area (Å²) < 4.78 is 5.39. The smallest absolute Gasteiger partial charge is 0.311 e. The van der Waals surface area contributed by atoms with Gasteiger partial charge in [-0.05, 0) is 12.5 Å². The van der Waals surface area contributed by atoms with Crippen LogP contribution in [-0.2, 0) is 4.74 Å². The summed E-state index contributed by atoms with van der Waals surface area (Å²) >= 11 is 0. The van der Waals surface area contributed by atoms with E-state index < -0.39 is 4.92 Å². The van der Waals surface area contributed by atoms with Crippen molar-refractivity contribution in [2.45, 2.75) is 6.42 Å². The van der Waals surface area contributed by atoms with Gasteiger partial charge < -0.3 is 10.1 Å². The first-order chi connectivity index (χ1) is 10.2. The molecule has 0 spiro atoms. The molecule has 110 valence electrons. The van der Waals surface area contributed by atoms with Crippen LogP contribution < -0.4 is 5.32 Å². The highest BCUT2D eigenvalue weighted by molar-refractivity contribution is 5.95. The number of nitro groups is 1. The second-order valence-corrected chi connectivity index (χ2v) is 4.41. The fourth-order valence-electron chi connectivity index (χ4n) is 1.97. The van der Waals surface area contributed by atoms with E-state index in [1.807, 2.05) is 24.3 Å². The fraction of sp³-hybridized carbons (Fsp3) is 0.267. The molecule has 0 aliphatic heterocycles. The SMILES string of the molecule is C=CCCOCCNc1c([N+](=O)[O-])cnc2ccccc12. The van der Waals surface area contributed by atoms with Crippen LogP contribution in [0, 0.1) is 10.1 Å². The molecule has 0 radical (unpaired) electrons. The summed E-state index contributed by atoms with van der Waals surface area (Å²) in [6.45, 7) is 5.18. The molecule has 0 saturated carbocycles. The third kappa shape index (κ3) is 3.76. The van der Waals surface area contributed by atoms with Crippen LogP contribution in [0.4, 0.5) is 11.4 Å². The second-order valence-electron chi connectivity index (χ2n) is 4.41. The monoisotopic (exact) mass is 287 g/mol. The van der Waals surface area contributed by atoms with Crippen LogP contribution in [0.15, 0.2) is 43.1 Å². The van der Waals surface area contributed by atoms with E-state index >= 15 is 0 Å². The summed E-state index contributed by atoms with van der Waals surface area (Å²) in [6.07, 6.45) is 3.86. The Hall–Kier alpha value is -2.47. The molecular formula is C15H17N3O3. The van der Waals surface area contributed by atoms with E-state index in [-0.39, 0.29) is 5.69 Å². The van der Waals surface area contributed by atoms with Crippen molar-refractivity contribution in [3.8, 4) is 0 Å². The summed E-state index contributed by atoms with van der Waals surface area (Å²) in [7, 11) is 0. The summed E-state index contributed by atoms with van der Waals surface area (Å²) in [4.78, 5) is 14.8. The third-order valence-corrected chi connectivity index (χ3v) is 2.97. The van der Waals surface area contributed by atoms with Crippen molar-refractivity contribution in [3.63, 3.8) is 0 Å². The number of hydrogen-bond donors (Lipinski definition) is 1. The van der Waals surface area contributed by atoms with Gasteiger partial charge in [0, 0.05) is 11.9 Å². The zero-order chi connectivity index (χ0) is 15.1. The number of pyridine rings is 1. The van der Waals surface area contributed by atoms with Gasteiger partial charge in [0.2, 0.25) is 0 Å². The Morgan fingerprint density at radius 1 is 1.38 bits per heavy atom. The van der Waals surface area contributed by atoms with E-state index in [1.54, 1.807) is 6.08 Å². The maximum absolute atomic E-state index is 11.1. The van der Waals surface area contributed by atoms with E-state index in [0.717, 1.165) is 17.3 Å². The van der Waals surface area contributed by atoms with Crippen LogP contribution in [0.5, 0.6) is 0 Å². The molecule has 0 bridgehead atoms. The number of nitrogens with zero attached hydrogens (tertiary/aromatic N) is 2. The highest BCUT2D eigenvalue weighted by Gasteiger charge is 2.17. The second kappa shape index (κ2) is 7.35. The van der Waals surface area contributed by atoms with Crippen molar-refractivity contribution in [2.24, 2.45) is 0 Å². The van der Waals surface area contributed by atoms with Gasteiger partial charge in [0.1, 0.15) is 11.9 Å². The number of hydrogen-bond acceptors (Lipinski definition) is 5. The topological polar surface area (TPSA) is 77.3 Å². The lowest BCUT2D eigenvalue weighted by molar-refractivity contribution is -0.384. The molecule has 2 aromatic rings. The standard InChI is InChI=1S/C15H17N3O3/c1-2-3-9-21-10-8-16-15-12-6-4-5-7-13(12)17-11-14(15)18(19)20/h2,4-7,11H,1,3,8-10H2,(H,16,17). The molecular weight excluding hydrogens is 270 g/mol. The molecule has 0 fully saturated rings. The third-order valence-electron chi connectivity index (χ3n) is 2.97. The van der Waals surface area contributed by atoms with Gasteiger partial charge in [-0.3, -0.25) is 10.1 Å². The predicted molar refractivity (Wildman–Crippen MR) is 82.5 cm³/mol. The summed E-state index contributed by atoms with van der Waals surface area (Å²) in [6, 6.07) is 7.32. The summed E-state index contributed by atoms with van der Waals surface area (Å²) in [5.41, 5.74) is 1.18. The molecule has 0 aliphatic carbocycles. The van der Waals surface area contributed by atoms with E-state index in [2.05, 4.69) is 16.9 Å². The largest absolute Gasteiger partial charge is 0.379 e. The van der Waals surface area contributed by atoms with Gasteiger partial charge >= 0.3 is 5.69 Å². The van der Waals surface area contributed by atoms with E-state index in [1.165, 1.54) is 6.20 Å². The number of aromatic nitrogens is 1. The lowest BCUT2D eigenvalue weighted by atomic mass is 10.1. The number of anilines is 1. The van der Waals surface area contributed by atoms with Gasteiger partial charge in [-0.25, -0.2) is 4.98 Å². The van der Waals surface area contributed by atoms with Crippen LogP contribution in [-0.4, -0.2) is 29.7 Å². The number of rotatable bonds is 8. The molecule has 21 heavy (non-hydrogen) atoms. The molecule has 0 atom stereocenters. The van der Waals surface area contributed by atoms with Gasteiger partial charge in [-0.15, -0.1) is 6.58 Å². The molecule has 0 unspecified atom stereocenters. The van der Waals surface area contributed by atoms with Crippen molar-refractivity contribution in [1.82, 2.24) is 4.98 Å². The van der Waals surface area contributed by atoms with Crippen molar-refractivity contribution in [2.75, 3.05) is 25.1 Å². The summed E-state index contributed by atoms with van der Waals surface area (Å²) in [5, 5.41) is 14.9. The minimum Gasteiger partial charge on any atom is -0.379 e. The number of ether oxygens (including phenoxy) is 1. The van der Waals surface area contributed by atoms with Crippen molar-refractivity contribution in [3.05, 3.63) is 53.2 Å². The Labute approximate surface area is 122 Å². The average molecular weight is 287 g/mol. The van der Waals surface area contributed by atoms with Crippen molar-refractivity contribution < 1.29 is 9.66 Å². The molecule has 1 aromatic heterocycles.